The Hall–Kier alpha value is -3.02. The molecule has 2 rings (SSSR count). The van der Waals surface area contributed by atoms with E-state index in [9.17, 15) is 9.59 Å². The molecule has 0 fully saturated rings. The number of allylic oxidation sites excluding steroid dienone is 4. The van der Waals surface area contributed by atoms with E-state index in [-0.39, 0.29) is 11.8 Å². The minimum atomic E-state index is -0.0259. The zero-order chi connectivity index (χ0) is 25.8. The first kappa shape index (κ1) is 29.2. The molecule has 0 aliphatic heterocycles. The van der Waals surface area contributed by atoms with Crippen molar-refractivity contribution < 1.29 is 9.59 Å². The second-order valence-electron chi connectivity index (χ2n) is 9.29. The highest BCUT2D eigenvalue weighted by atomic mass is 16.2. The Morgan fingerprint density at radius 1 is 0.639 bits per heavy atom. The van der Waals surface area contributed by atoms with Crippen molar-refractivity contribution in [1.29, 1.82) is 0 Å². The molecule has 36 heavy (non-hydrogen) atoms. The summed E-state index contributed by atoms with van der Waals surface area (Å²) in [5, 5.41) is 6.62. The number of fused-ring (bicyclic) bond motifs is 1. The summed E-state index contributed by atoms with van der Waals surface area (Å²) in [4.78, 5) is 33.6. The van der Waals surface area contributed by atoms with Crippen LogP contribution in [0.3, 0.4) is 0 Å². The lowest BCUT2D eigenvalue weighted by atomic mass is 10.1. The number of hydrogen-bond acceptors (Lipinski definition) is 4. The van der Waals surface area contributed by atoms with E-state index in [1.54, 1.807) is 12.1 Å². The molecule has 0 saturated heterocycles. The van der Waals surface area contributed by atoms with Crippen LogP contribution in [-0.2, 0) is 9.59 Å². The van der Waals surface area contributed by atoms with Gasteiger partial charge in [0.25, 0.3) is 0 Å². The topological polar surface area (TPSA) is 84.0 Å². The fourth-order valence-corrected chi connectivity index (χ4v) is 4.04. The van der Waals surface area contributed by atoms with Crippen LogP contribution in [0.1, 0.15) is 104 Å². The molecule has 2 heterocycles. The summed E-state index contributed by atoms with van der Waals surface area (Å²) in [7, 11) is 0. The van der Waals surface area contributed by atoms with E-state index in [1.807, 2.05) is 26.0 Å². The standard InChI is InChI=1S/C30H44N4O2/c1-3-5-7-9-11-13-15-17-19-28(35)31-26-23-21-25-22-24-27(34-30(25)33-26)32-29(36)20-18-16-14-12-10-8-6-4-2/h3-6,21-24H,7-20H2,1-2H3,(H2,31,32,33,34,35,36)/b5-3+,6-4+. The Balaban J connectivity index is 1.71. The number of nitrogens with zero attached hydrogens (tertiary/aromatic N) is 2. The Kier molecular flexibility index (Phi) is 14.8. The van der Waals surface area contributed by atoms with Gasteiger partial charge in [0, 0.05) is 18.2 Å². The maximum absolute atomic E-state index is 12.3. The second kappa shape index (κ2) is 18.3. The van der Waals surface area contributed by atoms with E-state index in [1.165, 1.54) is 25.7 Å². The molecule has 0 atom stereocenters. The first-order chi connectivity index (χ1) is 17.6. The fraction of sp³-hybridized carbons (Fsp3) is 0.533. The molecule has 6 heteroatoms. The van der Waals surface area contributed by atoms with Gasteiger partial charge in [-0.2, -0.15) is 0 Å². The van der Waals surface area contributed by atoms with Crippen LogP contribution in [0.25, 0.3) is 11.0 Å². The number of carbonyl (C=O) groups is 2. The number of anilines is 2. The average molecular weight is 493 g/mol. The Morgan fingerprint density at radius 2 is 1.06 bits per heavy atom. The maximum Gasteiger partial charge on any atom is 0.225 e. The molecule has 2 aromatic rings. The van der Waals surface area contributed by atoms with Gasteiger partial charge in [-0.05, 0) is 76.6 Å². The number of carbonyl (C=O) groups excluding carboxylic acids is 2. The molecule has 2 amide bonds. The lowest BCUT2D eigenvalue weighted by Crippen LogP contribution is -2.13. The average Bonchev–Trinajstić information content (AvgIpc) is 2.87. The van der Waals surface area contributed by atoms with E-state index in [0.29, 0.717) is 30.1 Å². The Labute approximate surface area is 217 Å². The molecule has 6 nitrogen and oxygen atoms in total. The molecule has 2 aromatic heterocycles. The zero-order valence-corrected chi connectivity index (χ0v) is 22.2. The summed E-state index contributed by atoms with van der Waals surface area (Å²) in [6, 6.07) is 7.36. The number of unbranched alkanes of at least 4 members (excludes halogenated alkanes) is 10. The zero-order valence-electron chi connectivity index (χ0n) is 22.2. The predicted molar refractivity (Wildman–Crippen MR) is 151 cm³/mol. The van der Waals surface area contributed by atoms with Crippen LogP contribution >= 0.6 is 0 Å². The van der Waals surface area contributed by atoms with Crippen molar-refractivity contribution in [2.75, 3.05) is 10.6 Å². The summed E-state index contributed by atoms with van der Waals surface area (Å²) in [5.41, 5.74) is 0.507. The molecule has 0 radical (unpaired) electrons. The smallest absolute Gasteiger partial charge is 0.225 e. The summed E-state index contributed by atoms with van der Waals surface area (Å²) in [6.45, 7) is 4.10. The molecule has 0 saturated carbocycles. The molecule has 0 aliphatic rings. The lowest BCUT2D eigenvalue weighted by molar-refractivity contribution is -0.117. The van der Waals surface area contributed by atoms with Crippen LogP contribution in [0.4, 0.5) is 11.6 Å². The molecule has 0 spiro atoms. The predicted octanol–water partition coefficient (Wildman–Crippen LogP) is 8.12. The van der Waals surface area contributed by atoms with Gasteiger partial charge in [0.05, 0.1) is 0 Å². The van der Waals surface area contributed by atoms with Crippen LogP contribution in [0, 0.1) is 0 Å². The van der Waals surface area contributed by atoms with E-state index >= 15 is 0 Å². The van der Waals surface area contributed by atoms with Crippen molar-refractivity contribution in [3.05, 3.63) is 48.6 Å². The number of pyridine rings is 2. The van der Waals surface area contributed by atoms with E-state index in [4.69, 9.17) is 0 Å². The molecular formula is C30H44N4O2. The van der Waals surface area contributed by atoms with Crippen molar-refractivity contribution in [2.45, 2.75) is 104 Å². The van der Waals surface area contributed by atoms with Crippen molar-refractivity contribution >= 4 is 34.5 Å². The normalized spacial score (nSPS) is 11.5. The van der Waals surface area contributed by atoms with Gasteiger partial charge in [-0.1, -0.05) is 62.8 Å². The van der Waals surface area contributed by atoms with Gasteiger partial charge in [0.1, 0.15) is 11.6 Å². The second-order valence-corrected chi connectivity index (χ2v) is 9.29. The molecule has 2 N–H and O–H groups in total. The van der Waals surface area contributed by atoms with E-state index in [2.05, 4.69) is 44.9 Å². The molecule has 0 bridgehead atoms. The number of nitrogens with one attached hydrogen (secondary N) is 2. The largest absolute Gasteiger partial charge is 0.311 e. The molecule has 0 unspecified atom stereocenters. The van der Waals surface area contributed by atoms with Gasteiger partial charge in [-0.3, -0.25) is 9.59 Å². The molecular weight excluding hydrogens is 448 g/mol. The highest BCUT2D eigenvalue weighted by molar-refractivity contribution is 5.92. The first-order valence-electron chi connectivity index (χ1n) is 13.7. The van der Waals surface area contributed by atoms with Crippen LogP contribution in [0.15, 0.2) is 48.6 Å². The maximum atomic E-state index is 12.3. The molecule has 196 valence electrons. The van der Waals surface area contributed by atoms with Crippen LogP contribution in [0.5, 0.6) is 0 Å². The Morgan fingerprint density at radius 3 is 1.50 bits per heavy atom. The van der Waals surface area contributed by atoms with Crippen LogP contribution in [0.2, 0.25) is 0 Å². The van der Waals surface area contributed by atoms with Crippen molar-refractivity contribution in [3.8, 4) is 0 Å². The highest BCUT2D eigenvalue weighted by Gasteiger charge is 2.08. The lowest BCUT2D eigenvalue weighted by Gasteiger charge is -2.08. The van der Waals surface area contributed by atoms with E-state index in [0.717, 1.165) is 56.8 Å². The van der Waals surface area contributed by atoms with Gasteiger partial charge >= 0.3 is 0 Å². The van der Waals surface area contributed by atoms with Crippen molar-refractivity contribution in [2.24, 2.45) is 0 Å². The third kappa shape index (κ3) is 12.6. The number of aromatic nitrogens is 2. The summed E-state index contributed by atoms with van der Waals surface area (Å²) in [6.07, 6.45) is 22.9. The van der Waals surface area contributed by atoms with E-state index < -0.39 is 0 Å². The van der Waals surface area contributed by atoms with Crippen LogP contribution < -0.4 is 10.6 Å². The molecule has 0 aromatic carbocycles. The highest BCUT2D eigenvalue weighted by Crippen LogP contribution is 2.17. The van der Waals surface area contributed by atoms with Crippen molar-refractivity contribution in [1.82, 2.24) is 9.97 Å². The molecule has 0 aliphatic carbocycles. The third-order valence-electron chi connectivity index (χ3n) is 6.11. The monoisotopic (exact) mass is 492 g/mol. The summed E-state index contributed by atoms with van der Waals surface area (Å²) in [5.74, 6) is 0.928. The third-order valence-corrected chi connectivity index (χ3v) is 6.11. The van der Waals surface area contributed by atoms with Crippen molar-refractivity contribution in [3.63, 3.8) is 0 Å². The summed E-state index contributed by atoms with van der Waals surface area (Å²) < 4.78 is 0. The van der Waals surface area contributed by atoms with Gasteiger partial charge in [0.15, 0.2) is 5.65 Å². The van der Waals surface area contributed by atoms with Gasteiger partial charge in [0.2, 0.25) is 11.8 Å². The number of rotatable bonds is 18. The first-order valence-corrected chi connectivity index (χ1v) is 13.7. The van der Waals surface area contributed by atoms with Crippen LogP contribution in [-0.4, -0.2) is 21.8 Å². The SMILES string of the molecule is C/C=C/CCCCCCCC(=O)Nc1ccc2ccc(NC(=O)CCCCCCC/C=C/C)nc2n1. The minimum Gasteiger partial charge on any atom is -0.311 e. The summed E-state index contributed by atoms with van der Waals surface area (Å²) >= 11 is 0. The Bertz CT molecular complexity index is 909. The number of hydrogen-bond donors (Lipinski definition) is 2. The fourth-order valence-electron chi connectivity index (χ4n) is 4.04. The van der Waals surface area contributed by atoms with Gasteiger partial charge < -0.3 is 10.6 Å². The minimum absolute atomic E-state index is 0.0259. The van der Waals surface area contributed by atoms with Gasteiger partial charge in [-0.15, -0.1) is 0 Å². The quantitative estimate of drug-likeness (QED) is 0.162. The van der Waals surface area contributed by atoms with Gasteiger partial charge in [-0.25, -0.2) is 9.97 Å². The number of amides is 2.